The molecule has 0 spiro atoms. The maximum atomic E-state index is 10.9. The fraction of sp³-hybridized carbons (Fsp3) is 0.533. The molecule has 20 heavy (non-hydrogen) atoms. The monoisotopic (exact) mass is 339 g/mol. The molecule has 0 atom stereocenters. The number of halogens is 1. The van der Waals surface area contributed by atoms with Gasteiger partial charge in [0.2, 0.25) is 6.08 Å². The van der Waals surface area contributed by atoms with Gasteiger partial charge in [-0.05, 0) is 31.9 Å². The number of nitrogens with zero attached hydrogens (tertiary/aromatic N) is 1. The van der Waals surface area contributed by atoms with Crippen molar-refractivity contribution in [3.63, 3.8) is 0 Å². The molecular formula is C15H18BrNO3. The summed E-state index contributed by atoms with van der Waals surface area (Å²) in [5, 5.41) is 0. The normalized spacial score (nSPS) is 16.6. The van der Waals surface area contributed by atoms with Crippen molar-refractivity contribution >= 4 is 22.0 Å². The van der Waals surface area contributed by atoms with Gasteiger partial charge in [0.05, 0.1) is 13.7 Å². The molecule has 0 aromatic heterocycles. The van der Waals surface area contributed by atoms with E-state index in [0.717, 1.165) is 35.7 Å². The van der Waals surface area contributed by atoms with Gasteiger partial charge in [-0.25, -0.2) is 4.79 Å². The predicted molar refractivity (Wildman–Crippen MR) is 80.1 cm³/mol. The number of isocyanates is 1. The zero-order valence-corrected chi connectivity index (χ0v) is 13.3. The van der Waals surface area contributed by atoms with E-state index in [1.165, 1.54) is 0 Å². The first kappa shape index (κ1) is 15.1. The van der Waals surface area contributed by atoms with Crippen LogP contribution in [0.3, 0.4) is 0 Å². The van der Waals surface area contributed by atoms with Gasteiger partial charge in [0.25, 0.3) is 0 Å². The number of hydrogen-bond donors (Lipinski definition) is 0. The average Bonchev–Trinajstić information content (AvgIpc) is 2.89. The van der Waals surface area contributed by atoms with Crippen molar-refractivity contribution in [3.8, 4) is 11.5 Å². The van der Waals surface area contributed by atoms with Crippen LogP contribution in [0.15, 0.2) is 21.6 Å². The number of aliphatic imine (C=N–C) groups is 1. The van der Waals surface area contributed by atoms with Crippen LogP contribution in [-0.2, 0) is 10.3 Å². The molecule has 1 aliphatic carbocycles. The minimum absolute atomic E-state index is 0.528. The van der Waals surface area contributed by atoms with Crippen LogP contribution in [0.4, 0.5) is 0 Å². The topological polar surface area (TPSA) is 47.9 Å². The molecule has 0 bridgehead atoms. The molecule has 1 fully saturated rings. The Kier molecular flexibility index (Phi) is 4.84. The van der Waals surface area contributed by atoms with E-state index in [9.17, 15) is 4.79 Å². The van der Waals surface area contributed by atoms with Gasteiger partial charge in [-0.15, -0.1) is 0 Å². The van der Waals surface area contributed by atoms with Gasteiger partial charge in [0, 0.05) is 10.0 Å². The van der Waals surface area contributed by atoms with E-state index in [1.807, 2.05) is 19.1 Å². The summed E-state index contributed by atoms with van der Waals surface area (Å²) < 4.78 is 12.1. The first-order valence-corrected chi connectivity index (χ1v) is 7.56. The van der Waals surface area contributed by atoms with Crippen LogP contribution in [0.1, 0.15) is 38.2 Å². The standard InChI is InChI=1S/C15H18BrNO3/c1-3-20-14-12(19-2)7-6-11(16)13(14)15(17-10-18)8-4-5-9-15/h6-7H,3-5,8-9H2,1-2H3. The first-order valence-electron chi connectivity index (χ1n) is 6.77. The number of ether oxygens (including phenoxy) is 2. The van der Waals surface area contributed by atoms with Crippen molar-refractivity contribution in [3.05, 3.63) is 22.2 Å². The first-order chi connectivity index (χ1) is 9.68. The Hall–Kier alpha value is -1.32. The van der Waals surface area contributed by atoms with Gasteiger partial charge in [-0.2, -0.15) is 4.99 Å². The Balaban J connectivity index is 2.66. The summed E-state index contributed by atoms with van der Waals surface area (Å²) in [6, 6.07) is 3.77. The third-order valence-corrected chi connectivity index (χ3v) is 4.40. The van der Waals surface area contributed by atoms with Crippen LogP contribution in [0, 0.1) is 0 Å². The maximum Gasteiger partial charge on any atom is 0.235 e. The summed E-state index contributed by atoms with van der Waals surface area (Å²) >= 11 is 3.57. The van der Waals surface area contributed by atoms with Crippen LogP contribution in [0.5, 0.6) is 11.5 Å². The van der Waals surface area contributed by atoms with E-state index >= 15 is 0 Å². The number of carbonyl (C=O) groups excluding carboxylic acids is 1. The zero-order valence-electron chi connectivity index (χ0n) is 11.7. The highest BCUT2D eigenvalue weighted by atomic mass is 79.9. The minimum atomic E-state index is -0.542. The molecule has 1 aromatic carbocycles. The van der Waals surface area contributed by atoms with E-state index in [4.69, 9.17) is 9.47 Å². The molecule has 0 heterocycles. The number of methoxy groups -OCH3 is 1. The van der Waals surface area contributed by atoms with Gasteiger partial charge in [0.1, 0.15) is 5.54 Å². The molecule has 0 aliphatic heterocycles. The molecule has 0 N–H and O–H groups in total. The second kappa shape index (κ2) is 6.42. The van der Waals surface area contributed by atoms with E-state index in [2.05, 4.69) is 20.9 Å². The van der Waals surface area contributed by atoms with Gasteiger partial charge < -0.3 is 9.47 Å². The van der Waals surface area contributed by atoms with Crippen LogP contribution in [0.2, 0.25) is 0 Å². The van der Waals surface area contributed by atoms with E-state index in [0.29, 0.717) is 18.1 Å². The molecule has 0 amide bonds. The molecule has 2 rings (SSSR count). The van der Waals surface area contributed by atoms with Crippen molar-refractivity contribution in [1.82, 2.24) is 0 Å². The van der Waals surface area contributed by atoms with Gasteiger partial charge in [0.15, 0.2) is 11.5 Å². The summed E-state index contributed by atoms with van der Waals surface area (Å²) in [7, 11) is 1.61. The molecule has 108 valence electrons. The zero-order chi connectivity index (χ0) is 14.6. The molecule has 1 saturated carbocycles. The van der Waals surface area contributed by atoms with Crippen molar-refractivity contribution < 1.29 is 14.3 Å². The minimum Gasteiger partial charge on any atom is -0.493 e. The number of benzene rings is 1. The molecule has 1 aliphatic rings. The second-order valence-corrected chi connectivity index (χ2v) is 5.68. The quantitative estimate of drug-likeness (QED) is 0.602. The number of hydrogen-bond acceptors (Lipinski definition) is 4. The molecular weight excluding hydrogens is 322 g/mol. The summed E-state index contributed by atoms with van der Waals surface area (Å²) in [6.07, 6.45) is 5.48. The predicted octanol–water partition coefficient (Wildman–Crippen LogP) is 3.96. The van der Waals surface area contributed by atoms with Crippen LogP contribution in [-0.4, -0.2) is 19.8 Å². The Morgan fingerprint density at radius 1 is 1.40 bits per heavy atom. The number of rotatable bonds is 5. The van der Waals surface area contributed by atoms with Gasteiger partial charge >= 0.3 is 0 Å². The summed E-state index contributed by atoms with van der Waals surface area (Å²) in [5.74, 6) is 1.34. The lowest BCUT2D eigenvalue weighted by Gasteiger charge is -2.27. The summed E-state index contributed by atoms with van der Waals surface area (Å²) in [6.45, 7) is 2.45. The fourth-order valence-corrected chi connectivity index (χ4v) is 3.57. The lowest BCUT2D eigenvalue weighted by molar-refractivity contribution is 0.296. The van der Waals surface area contributed by atoms with Gasteiger partial charge in [-0.1, -0.05) is 28.8 Å². The fourth-order valence-electron chi connectivity index (χ4n) is 2.89. The third kappa shape index (κ3) is 2.60. The highest BCUT2D eigenvalue weighted by Crippen LogP contribution is 2.51. The summed E-state index contributed by atoms with van der Waals surface area (Å²) in [4.78, 5) is 15.0. The van der Waals surface area contributed by atoms with Crippen molar-refractivity contribution in [2.24, 2.45) is 4.99 Å². The highest BCUT2D eigenvalue weighted by molar-refractivity contribution is 9.10. The molecule has 0 radical (unpaired) electrons. The maximum absolute atomic E-state index is 10.9. The summed E-state index contributed by atoms with van der Waals surface area (Å²) in [5.41, 5.74) is 0.360. The molecule has 1 aromatic rings. The van der Waals surface area contributed by atoms with E-state index in [1.54, 1.807) is 13.2 Å². The van der Waals surface area contributed by atoms with E-state index < -0.39 is 5.54 Å². The molecule has 0 saturated heterocycles. The average molecular weight is 340 g/mol. The van der Waals surface area contributed by atoms with Crippen LogP contribution in [0.25, 0.3) is 0 Å². The van der Waals surface area contributed by atoms with Crippen molar-refractivity contribution in [1.29, 1.82) is 0 Å². The van der Waals surface area contributed by atoms with Crippen molar-refractivity contribution in [2.45, 2.75) is 38.1 Å². The Labute approximate surface area is 127 Å². The highest BCUT2D eigenvalue weighted by Gasteiger charge is 2.40. The Bertz CT molecular complexity index is 532. The Morgan fingerprint density at radius 3 is 2.65 bits per heavy atom. The van der Waals surface area contributed by atoms with E-state index in [-0.39, 0.29) is 0 Å². The molecule has 5 heteroatoms. The second-order valence-electron chi connectivity index (χ2n) is 4.83. The van der Waals surface area contributed by atoms with Crippen LogP contribution >= 0.6 is 15.9 Å². The largest absolute Gasteiger partial charge is 0.493 e. The lowest BCUT2D eigenvalue weighted by atomic mass is 9.88. The lowest BCUT2D eigenvalue weighted by Crippen LogP contribution is -2.21. The Morgan fingerprint density at radius 2 is 2.10 bits per heavy atom. The molecule has 4 nitrogen and oxygen atoms in total. The SMILES string of the molecule is CCOc1c(OC)ccc(Br)c1C1(N=C=O)CCCC1. The smallest absolute Gasteiger partial charge is 0.235 e. The van der Waals surface area contributed by atoms with Crippen LogP contribution < -0.4 is 9.47 Å². The third-order valence-electron chi connectivity index (χ3n) is 3.74. The molecule has 0 unspecified atom stereocenters. The van der Waals surface area contributed by atoms with Gasteiger partial charge in [-0.3, -0.25) is 0 Å². The van der Waals surface area contributed by atoms with Crippen molar-refractivity contribution in [2.75, 3.05) is 13.7 Å².